The number of aromatic nitrogens is 1. The van der Waals surface area contributed by atoms with Gasteiger partial charge >= 0.3 is 5.97 Å². The fourth-order valence-corrected chi connectivity index (χ4v) is 3.09. The van der Waals surface area contributed by atoms with Crippen LogP contribution in [0.3, 0.4) is 0 Å². The van der Waals surface area contributed by atoms with Crippen molar-refractivity contribution in [1.82, 2.24) is 4.57 Å². The molecule has 0 radical (unpaired) electrons. The first-order valence-corrected chi connectivity index (χ1v) is 8.49. The number of carbonyl (C=O) groups is 1. The molecule has 25 heavy (non-hydrogen) atoms. The fraction of sp³-hybridized carbons (Fsp3) is 0.333. The Balaban J connectivity index is 0.00000109. The lowest BCUT2D eigenvalue weighted by atomic mass is 10.1. The third kappa shape index (κ3) is 3.54. The van der Waals surface area contributed by atoms with Gasteiger partial charge in [0.25, 0.3) is 5.56 Å². The van der Waals surface area contributed by atoms with Crippen LogP contribution in [0.4, 0.5) is 15.8 Å². The number of hydrogen-bond acceptors (Lipinski definition) is 3. The van der Waals surface area contributed by atoms with E-state index >= 15 is 0 Å². The highest BCUT2D eigenvalue weighted by Gasteiger charge is 2.28. The van der Waals surface area contributed by atoms with Crippen LogP contribution in [0.2, 0.25) is 5.02 Å². The summed E-state index contributed by atoms with van der Waals surface area (Å²) in [6.07, 6.45) is 1.15. The van der Waals surface area contributed by atoms with E-state index in [1.165, 1.54) is 16.7 Å². The molecule has 0 atom stereocenters. The van der Waals surface area contributed by atoms with E-state index in [1.54, 1.807) is 13.0 Å². The summed E-state index contributed by atoms with van der Waals surface area (Å²) in [5, 5.41) is 12.0. The SMILES string of the molecule is CC.Cc1ccc(Nc2c(C(=O)O)c3n(c(=O)c2Cl)CCC3)c(F)c1. The van der Waals surface area contributed by atoms with Crippen LogP contribution in [0.5, 0.6) is 0 Å². The zero-order valence-electron chi connectivity index (χ0n) is 14.3. The Morgan fingerprint density at radius 2 is 2.04 bits per heavy atom. The second-order valence-electron chi connectivity index (χ2n) is 5.48. The minimum atomic E-state index is -1.20. The van der Waals surface area contributed by atoms with Gasteiger partial charge in [0.2, 0.25) is 0 Å². The van der Waals surface area contributed by atoms with Crippen LogP contribution in [0.1, 0.15) is 41.9 Å². The van der Waals surface area contributed by atoms with Gasteiger partial charge in [0.05, 0.1) is 11.4 Å². The Hall–Kier alpha value is -2.34. The van der Waals surface area contributed by atoms with Crippen LogP contribution in [0.15, 0.2) is 23.0 Å². The van der Waals surface area contributed by atoms with Crippen molar-refractivity contribution in [3.63, 3.8) is 0 Å². The maximum Gasteiger partial charge on any atom is 0.339 e. The molecule has 2 N–H and O–H groups in total. The first-order chi connectivity index (χ1) is 11.9. The van der Waals surface area contributed by atoms with Gasteiger partial charge in [0.1, 0.15) is 16.4 Å². The van der Waals surface area contributed by atoms with Gasteiger partial charge in [0, 0.05) is 12.2 Å². The molecule has 0 amide bonds. The average molecular weight is 367 g/mol. The van der Waals surface area contributed by atoms with Crippen molar-refractivity contribution in [2.75, 3.05) is 5.32 Å². The monoisotopic (exact) mass is 366 g/mol. The summed E-state index contributed by atoms with van der Waals surface area (Å²) in [7, 11) is 0. The van der Waals surface area contributed by atoms with Crippen molar-refractivity contribution >= 4 is 28.9 Å². The molecule has 0 unspecified atom stereocenters. The zero-order valence-corrected chi connectivity index (χ0v) is 15.1. The molecule has 134 valence electrons. The van der Waals surface area contributed by atoms with Crippen molar-refractivity contribution in [2.24, 2.45) is 0 Å². The van der Waals surface area contributed by atoms with E-state index < -0.39 is 17.3 Å². The number of aryl methyl sites for hydroxylation is 1. The number of carboxylic acids is 1. The summed E-state index contributed by atoms with van der Waals surface area (Å²) >= 11 is 6.08. The number of pyridine rings is 1. The fourth-order valence-electron chi connectivity index (χ4n) is 2.84. The van der Waals surface area contributed by atoms with Crippen LogP contribution >= 0.6 is 11.6 Å². The van der Waals surface area contributed by atoms with E-state index in [4.69, 9.17) is 11.6 Å². The first-order valence-electron chi connectivity index (χ1n) is 8.11. The summed E-state index contributed by atoms with van der Waals surface area (Å²) in [6.45, 7) is 6.18. The van der Waals surface area contributed by atoms with Crippen molar-refractivity contribution < 1.29 is 14.3 Å². The second-order valence-corrected chi connectivity index (χ2v) is 5.86. The number of halogens is 2. The Morgan fingerprint density at radius 1 is 1.36 bits per heavy atom. The third-order valence-electron chi connectivity index (χ3n) is 3.91. The molecule has 0 aliphatic carbocycles. The Kier molecular flexibility index (Phi) is 5.85. The molecule has 1 aromatic heterocycles. The average Bonchev–Trinajstić information content (AvgIpc) is 3.05. The number of rotatable bonds is 3. The van der Waals surface area contributed by atoms with Crippen LogP contribution in [-0.4, -0.2) is 15.6 Å². The molecule has 5 nitrogen and oxygen atoms in total. The van der Waals surface area contributed by atoms with Gasteiger partial charge in [-0.2, -0.15) is 0 Å². The Bertz CT molecular complexity index is 878. The van der Waals surface area contributed by atoms with E-state index in [9.17, 15) is 19.1 Å². The molecule has 0 fully saturated rings. The maximum absolute atomic E-state index is 14.0. The molecular formula is C18H20ClFN2O3. The maximum atomic E-state index is 14.0. The summed E-state index contributed by atoms with van der Waals surface area (Å²) in [6, 6.07) is 4.48. The van der Waals surface area contributed by atoms with Crippen LogP contribution in [0, 0.1) is 12.7 Å². The molecule has 1 aliphatic heterocycles. The molecular weight excluding hydrogens is 347 g/mol. The van der Waals surface area contributed by atoms with Gasteiger partial charge in [-0.3, -0.25) is 4.79 Å². The quantitative estimate of drug-likeness (QED) is 0.846. The molecule has 2 aromatic rings. The lowest BCUT2D eigenvalue weighted by molar-refractivity contribution is 0.0696. The minimum Gasteiger partial charge on any atom is -0.478 e. The Morgan fingerprint density at radius 3 is 2.64 bits per heavy atom. The molecule has 2 heterocycles. The molecule has 0 saturated heterocycles. The van der Waals surface area contributed by atoms with E-state index in [1.807, 2.05) is 13.8 Å². The summed E-state index contributed by atoms with van der Waals surface area (Å²) in [5.41, 5.74) is 0.627. The minimum absolute atomic E-state index is 0.0555. The molecule has 7 heteroatoms. The van der Waals surface area contributed by atoms with Crippen molar-refractivity contribution in [1.29, 1.82) is 0 Å². The highest BCUT2D eigenvalue weighted by atomic mass is 35.5. The highest BCUT2D eigenvalue weighted by molar-refractivity contribution is 6.34. The number of nitrogens with one attached hydrogen (secondary N) is 1. The number of carboxylic acid groups (broad SMARTS) is 1. The Labute approximate surface area is 150 Å². The normalized spacial score (nSPS) is 12.2. The lowest BCUT2D eigenvalue weighted by Crippen LogP contribution is -2.24. The summed E-state index contributed by atoms with van der Waals surface area (Å²) in [5.74, 6) is -1.74. The number of benzene rings is 1. The predicted molar refractivity (Wildman–Crippen MR) is 96.8 cm³/mol. The van der Waals surface area contributed by atoms with Crippen LogP contribution in [-0.2, 0) is 13.0 Å². The van der Waals surface area contributed by atoms with E-state index in [2.05, 4.69) is 5.32 Å². The van der Waals surface area contributed by atoms with Crippen molar-refractivity contribution in [3.05, 3.63) is 56.2 Å². The van der Waals surface area contributed by atoms with Crippen molar-refractivity contribution in [3.8, 4) is 0 Å². The van der Waals surface area contributed by atoms with Crippen LogP contribution in [0.25, 0.3) is 0 Å². The van der Waals surface area contributed by atoms with Gasteiger partial charge in [0.15, 0.2) is 0 Å². The van der Waals surface area contributed by atoms with E-state index in [-0.39, 0.29) is 22.0 Å². The number of hydrogen-bond donors (Lipinski definition) is 2. The summed E-state index contributed by atoms with van der Waals surface area (Å²) < 4.78 is 15.4. The van der Waals surface area contributed by atoms with Gasteiger partial charge < -0.3 is 15.0 Å². The van der Waals surface area contributed by atoms with Gasteiger partial charge in [-0.15, -0.1) is 0 Å². The molecule has 0 saturated carbocycles. The van der Waals surface area contributed by atoms with Gasteiger partial charge in [-0.25, -0.2) is 9.18 Å². The number of anilines is 2. The molecule has 1 aliphatic rings. The molecule has 3 rings (SSSR count). The first kappa shape index (κ1) is 19.0. The second kappa shape index (κ2) is 7.70. The molecule has 0 spiro atoms. The number of fused-ring (bicyclic) bond motifs is 1. The highest BCUT2D eigenvalue weighted by Crippen LogP contribution is 2.32. The lowest BCUT2D eigenvalue weighted by Gasteiger charge is -2.16. The number of aromatic carboxylic acids is 1. The predicted octanol–water partition coefficient (Wildman–Crippen LogP) is 4.36. The largest absolute Gasteiger partial charge is 0.478 e. The van der Waals surface area contributed by atoms with Gasteiger partial charge in [-0.1, -0.05) is 31.5 Å². The zero-order chi connectivity index (χ0) is 18.7. The topological polar surface area (TPSA) is 71.3 Å². The van der Waals surface area contributed by atoms with Crippen LogP contribution < -0.4 is 10.9 Å². The van der Waals surface area contributed by atoms with E-state index in [0.29, 0.717) is 25.1 Å². The van der Waals surface area contributed by atoms with Crippen molar-refractivity contribution in [2.45, 2.75) is 40.2 Å². The molecule has 0 bridgehead atoms. The summed E-state index contributed by atoms with van der Waals surface area (Å²) in [4.78, 5) is 24.0. The van der Waals surface area contributed by atoms with E-state index in [0.717, 1.165) is 5.56 Å². The molecule has 1 aromatic carbocycles. The number of nitrogens with zero attached hydrogens (tertiary/aromatic N) is 1. The van der Waals surface area contributed by atoms with Gasteiger partial charge in [-0.05, 0) is 37.5 Å². The third-order valence-corrected chi connectivity index (χ3v) is 4.26. The smallest absolute Gasteiger partial charge is 0.339 e. The standard InChI is InChI=1S/C16H14ClFN2O3.C2H6/c1-8-4-5-10(9(18)7-8)19-14-12(16(22)23)11-3-2-6-20(11)15(21)13(14)17;1-2/h4-5,7,19H,2-3,6H2,1H3,(H,22,23);1-2H3.